The molecule has 0 unspecified atom stereocenters. The Morgan fingerprint density at radius 2 is 1.85 bits per heavy atom. The summed E-state index contributed by atoms with van der Waals surface area (Å²) in [7, 11) is 0. The van der Waals surface area contributed by atoms with Crippen LogP contribution < -0.4 is 15.5 Å². The molecular formula is C25H24F2N4OS. The van der Waals surface area contributed by atoms with Crippen LogP contribution in [0.2, 0.25) is 0 Å². The number of piperazine rings is 1. The zero-order valence-electron chi connectivity index (χ0n) is 18.4. The van der Waals surface area contributed by atoms with Gasteiger partial charge in [-0.1, -0.05) is 35.7 Å². The predicted molar refractivity (Wildman–Crippen MR) is 128 cm³/mol. The van der Waals surface area contributed by atoms with Crippen molar-refractivity contribution in [2.45, 2.75) is 19.3 Å². The minimum atomic E-state index is -0.911. The average molecular weight is 467 g/mol. The van der Waals surface area contributed by atoms with E-state index in [2.05, 4.69) is 21.5 Å². The molecule has 8 heteroatoms. The van der Waals surface area contributed by atoms with Crippen LogP contribution in [0.3, 0.4) is 0 Å². The van der Waals surface area contributed by atoms with E-state index in [-0.39, 0.29) is 5.13 Å². The molecule has 1 fully saturated rings. The van der Waals surface area contributed by atoms with Crippen molar-refractivity contribution in [2.24, 2.45) is 0 Å². The first-order valence-corrected chi connectivity index (χ1v) is 11.5. The van der Waals surface area contributed by atoms with Crippen molar-refractivity contribution in [1.82, 2.24) is 10.3 Å². The summed E-state index contributed by atoms with van der Waals surface area (Å²) in [5, 5.41) is 7.66. The van der Waals surface area contributed by atoms with Crippen LogP contribution in [-0.2, 0) is 5.41 Å². The minimum Gasteiger partial charge on any atom is -0.369 e. The van der Waals surface area contributed by atoms with Crippen molar-refractivity contribution >= 4 is 28.1 Å². The molecule has 1 saturated heterocycles. The first-order valence-electron chi connectivity index (χ1n) is 10.6. The molecular weight excluding hydrogens is 442 g/mol. The van der Waals surface area contributed by atoms with Gasteiger partial charge in [0.25, 0.3) is 5.91 Å². The topological polar surface area (TPSA) is 57.3 Å². The summed E-state index contributed by atoms with van der Waals surface area (Å²) in [6.07, 6.45) is 5.85. The summed E-state index contributed by atoms with van der Waals surface area (Å²) in [5.41, 5.74) is 1.54. The summed E-state index contributed by atoms with van der Waals surface area (Å²) in [6, 6.07) is 10.2. The van der Waals surface area contributed by atoms with Crippen LogP contribution in [0.15, 0.2) is 41.8 Å². The van der Waals surface area contributed by atoms with Crippen LogP contribution in [0.1, 0.15) is 34.1 Å². The molecule has 1 atom stereocenters. The number of amides is 1. The normalized spacial score (nSPS) is 15.5. The molecule has 0 saturated carbocycles. The first-order chi connectivity index (χ1) is 15.8. The Balaban J connectivity index is 1.55. The summed E-state index contributed by atoms with van der Waals surface area (Å²) < 4.78 is 29.5. The maximum atomic E-state index is 14.7. The summed E-state index contributed by atoms with van der Waals surface area (Å²) >= 11 is 1.15. The van der Waals surface area contributed by atoms with Gasteiger partial charge in [-0.05, 0) is 31.5 Å². The molecule has 5 nitrogen and oxygen atoms in total. The molecule has 1 aromatic heterocycles. The maximum Gasteiger partial charge on any atom is 0.263 e. The van der Waals surface area contributed by atoms with E-state index in [4.69, 9.17) is 6.42 Å². The second-order valence-electron chi connectivity index (χ2n) is 8.15. The Labute approximate surface area is 195 Å². The molecule has 0 spiro atoms. The lowest BCUT2D eigenvalue weighted by Crippen LogP contribution is -2.43. The van der Waals surface area contributed by atoms with Gasteiger partial charge in [0.2, 0.25) is 0 Å². The smallest absolute Gasteiger partial charge is 0.263 e. The number of halogens is 2. The molecule has 0 aliphatic carbocycles. The number of terminal acetylenes is 1. The third-order valence-corrected chi connectivity index (χ3v) is 6.65. The molecule has 1 aliphatic heterocycles. The molecule has 0 radical (unpaired) electrons. The summed E-state index contributed by atoms with van der Waals surface area (Å²) in [5.74, 6) is 0.0714. The Morgan fingerprint density at radius 3 is 2.45 bits per heavy atom. The van der Waals surface area contributed by atoms with Crippen molar-refractivity contribution in [3.63, 3.8) is 0 Å². The summed E-state index contributed by atoms with van der Waals surface area (Å²) in [4.78, 5) is 19.0. The summed E-state index contributed by atoms with van der Waals surface area (Å²) in [6.45, 7) is 6.60. The monoisotopic (exact) mass is 466 g/mol. The largest absolute Gasteiger partial charge is 0.369 e. The Hall–Kier alpha value is -3.28. The number of benzene rings is 2. The Morgan fingerprint density at radius 1 is 1.21 bits per heavy atom. The van der Waals surface area contributed by atoms with Gasteiger partial charge in [0.1, 0.15) is 17.2 Å². The van der Waals surface area contributed by atoms with E-state index in [1.54, 1.807) is 5.38 Å². The number of aromatic nitrogens is 1. The molecule has 4 rings (SSSR count). The Bertz CT molecular complexity index is 1190. The van der Waals surface area contributed by atoms with E-state index < -0.39 is 28.5 Å². The lowest BCUT2D eigenvalue weighted by atomic mass is 9.80. The number of nitrogens with zero attached hydrogens (tertiary/aromatic N) is 2. The third-order valence-electron chi connectivity index (χ3n) is 5.89. The van der Waals surface area contributed by atoms with Crippen LogP contribution >= 0.6 is 11.3 Å². The van der Waals surface area contributed by atoms with E-state index in [9.17, 15) is 13.6 Å². The highest BCUT2D eigenvalue weighted by Gasteiger charge is 2.30. The van der Waals surface area contributed by atoms with Crippen LogP contribution in [0, 0.1) is 30.9 Å². The molecule has 1 aliphatic rings. The molecule has 3 aromatic rings. The van der Waals surface area contributed by atoms with Crippen molar-refractivity contribution in [3.8, 4) is 12.3 Å². The SMILES string of the molecule is C#C[C@@](C)(c1ccc(C)cc1)c1csc(NC(=O)c2c(F)cc(N3CCNCC3)cc2F)n1. The van der Waals surface area contributed by atoms with Gasteiger partial charge in [0.15, 0.2) is 5.13 Å². The van der Waals surface area contributed by atoms with Crippen molar-refractivity contribution in [1.29, 1.82) is 0 Å². The number of hydrogen-bond acceptors (Lipinski definition) is 5. The number of hydrogen-bond donors (Lipinski definition) is 2. The lowest BCUT2D eigenvalue weighted by Gasteiger charge is -2.29. The van der Waals surface area contributed by atoms with Gasteiger partial charge in [-0.3, -0.25) is 10.1 Å². The second kappa shape index (κ2) is 9.30. The van der Waals surface area contributed by atoms with Gasteiger partial charge in [0.05, 0.1) is 11.1 Å². The predicted octanol–water partition coefficient (Wildman–Crippen LogP) is 4.33. The Kier molecular flexibility index (Phi) is 6.45. The highest BCUT2D eigenvalue weighted by Crippen LogP contribution is 2.34. The van der Waals surface area contributed by atoms with Crippen LogP contribution in [0.25, 0.3) is 0 Å². The number of nitrogens with one attached hydrogen (secondary N) is 2. The standard InChI is InChI=1S/C25H24F2N4OS/c1-4-25(3,17-7-5-16(2)6-8-17)21-15-33-24(29-21)30-23(32)22-19(26)13-18(14-20(22)27)31-11-9-28-10-12-31/h1,5-8,13-15,28H,9-12H2,2-3H3,(H,29,30,32)/t25-/m0/s1. The van der Waals surface area contributed by atoms with Crippen LogP contribution in [-0.4, -0.2) is 37.1 Å². The maximum absolute atomic E-state index is 14.7. The highest BCUT2D eigenvalue weighted by atomic mass is 32.1. The zero-order chi connectivity index (χ0) is 23.6. The fourth-order valence-electron chi connectivity index (χ4n) is 3.79. The highest BCUT2D eigenvalue weighted by molar-refractivity contribution is 7.14. The van der Waals surface area contributed by atoms with Gasteiger partial charge in [0, 0.05) is 37.2 Å². The number of carbonyl (C=O) groups excluding carboxylic acids is 1. The molecule has 0 bridgehead atoms. The minimum absolute atomic E-state index is 0.216. The number of thiazole rings is 1. The first kappa shape index (κ1) is 22.9. The number of rotatable bonds is 5. The lowest BCUT2D eigenvalue weighted by molar-refractivity contribution is 0.101. The number of aryl methyl sites for hydroxylation is 1. The zero-order valence-corrected chi connectivity index (χ0v) is 19.2. The molecule has 170 valence electrons. The van der Waals surface area contributed by atoms with E-state index in [0.717, 1.165) is 35.6 Å². The van der Waals surface area contributed by atoms with E-state index in [1.807, 2.05) is 43.0 Å². The molecule has 33 heavy (non-hydrogen) atoms. The van der Waals surface area contributed by atoms with Crippen molar-refractivity contribution in [3.05, 3.63) is 75.8 Å². The molecule has 2 aromatic carbocycles. The van der Waals surface area contributed by atoms with Crippen molar-refractivity contribution < 1.29 is 13.6 Å². The van der Waals surface area contributed by atoms with Gasteiger partial charge >= 0.3 is 0 Å². The average Bonchev–Trinajstić information content (AvgIpc) is 3.28. The van der Waals surface area contributed by atoms with Gasteiger partial charge < -0.3 is 10.2 Å². The fourth-order valence-corrected chi connectivity index (χ4v) is 4.61. The second-order valence-corrected chi connectivity index (χ2v) is 9.01. The third kappa shape index (κ3) is 4.61. The van der Waals surface area contributed by atoms with Gasteiger partial charge in [-0.25, -0.2) is 13.8 Å². The van der Waals surface area contributed by atoms with E-state index in [0.29, 0.717) is 24.5 Å². The van der Waals surface area contributed by atoms with Crippen LogP contribution in [0.4, 0.5) is 19.6 Å². The fraction of sp³-hybridized carbons (Fsp3) is 0.280. The quantitative estimate of drug-likeness (QED) is 0.550. The molecule has 2 N–H and O–H groups in total. The van der Waals surface area contributed by atoms with Gasteiger partial charge in [-0.2, -0.15) is 0 Å². The van der Waals surface area contributed by atoms with Crippen LogP contribution in [0.5, 0.6) is 0 Å². The number of anilines is 2. The molecule has 1 amide bonds. The van der Waals surface area contributed by atoms with E-state index in [1.165, 1.54) is 12.1 Å². The number of carbonyl (C=O) groups is 1. The van der Waals surface area contributed by atoms with Crippen molar-refractivity contribution in [2.75, 3.05) is 36.4 Å². The van der Waals surface area contributed by atoms with E-state index >= 15 is 0 Å². The molecule has 2 heterocycles. The van der Waals surface area contributed by atoms with Gasteiger partial charge in [-0.15, -0.1) is 17.8 Å².